The van der Waals surface area contributed by atoms with Gasteiger partial charge in [-0.2, -0.15) is 4.31 Å². The molecule has 202 valence electrons. The Hall–Kier alpha value is -2.42. The number of amides is 1. The number of para-hydroxylation sites is 1. The molecule has 0 spiro atoms. The lowest BCUT2D eigenvalue weighted by atomic mass is 9.94. The van der Waals surface area contributed by atoms with Crippen molar-refractivity contribution in [2.45, 2.75) is 82.3 Å². The molecule has 2 aliphatic rings. The van der Waals surface area contributed by atoms with Crippen molar-refractivity contribution >= 4 is 21.6 Å². The minimum absolute atomic E-state index is 0.00957. The van der Waals surface area contributed by atoms with E-state index in [1.54, 1.807) is 27.4 Å². The Balaban J connectivity index is 1.69. The van der Waals surface area contributed by atoms with Crippen LogP contribution in [-0.4, -0.2) is 51.0 Å². The lowest BCUT2D eigenvalue weighted by Gasteiger charge is -2.33. The first-order chi connectivity index (χ1) is 17.7. The molecule has 0 saturated carbocycles. The van der Waals surface area contributed by atoms with Crippen molar-refractivity contribution in [2.75, 3.05) is 31.7 Å². The molecule has 1 amide bonds. The Bertz CT molecular complexity index is 1190. The van der Waals surface area contributed by atoms with Gasteiger partial charge in [0.1, 0.15) is 18.0 Å². The molecule has 7 nitrogen and oxygen atoms in total. The Kier molecular flexibility index (Phi) is 8.93. The molecule has 0 aliphatic carbocycles. The topological polar surface area (TPSA) is 76.2 Å². The molecule has 0 fully saturated rings. The number of hydrogen-bond donors (Lipinski definition) is 0. The van der Waals surface area contributed by atoms with Crippen molar-refractivity contribution < 1.29 is 22.7 Å². The standard InChI is InChI=1S/C29H40N2O5S/c1-29(2)17-16-23-20-25(14-15-27(23)36-29)37(33,34)30-18-10-6-4-5-7-11-19-31(28(32)22-35-3)26-13-9-8-12-24(26)21-30/h8-9,12-15,20H,4-7,10-11,16-19,21-22H2,1-3H3. The third kappa shape index (κ3) is 6.72. The van der Waals surface area contributed by atoms with Gasteiger partial charge in [0.2, 0.25) is 10.0 Å². The van der Waals surface area contributed by atoms with E-state index < -0.39 is 10.0 Å². The van der Waals surface area contributed by atoms with Crippen LogP contribution >= 0.6 is 0 Å². The zero-order valence-corrected chi connectivity index (χ0v) is 23.2. The number of anilines is 1. The van der Waals surface area contributed by atoms with Gasteiger partial charge in [-0.05, 0) is 74.9 Å². The largest absolute Gasteiger partial charge is 0.488 e. The van der Waals surface area contributed by atoms with Crippen LogP contribution in [0.15, 0.2) is 47.4 Å². The Morgan fingerprint density at radius 3 is 2.43 bits per heavy atom. The SMILES string of the molecule is COCC(=O)N1CCCCCCCCN(S(=O)(=O)c2ccc3c(c2)CCC(C)(C)O3)Cc2ccccc21. The zero-order chi connectivity index (χ0) is 26.5. The summed E-state index contributed by atoms with van der Waals surface area (Å²) in [5.74, 6) is 0.648. The Morgan fingerprint density at radius 2 is 1.68 bits per heavy atom. The third-order valence-electron chi connectivity index (χ3n) is 7.29. The molecule has 4 rings (SSSR count). The molecule has 2 aromatic rings. The second kappa shape index (κ2) is 12.0. The lowest BCUT2D eigenvalue weighted by molar-refractivity contribution is -0.122. The maximum atomic E-state index is 14.0. The van der Waals surface area contributed by atoms with E-state index in [0.29, 0.717) is 18.0 Å². The van der Waals surface area contributed by atoms with E-state index >= 15 is 0 Å². The number of fused-ring (bicyclic) bond motifs is 2. The molecule has 0 atom stereocenters. The summed E-state index contributed by atoms with van der Waals surface area (Å²) in [7, 11) is -2.25. The van der Waals surface area contributed by atoms with Gasteiger partial charge in [0.05, 0.1) is 4.90 Å². The summed E-state index contributed by atoms with van der Waals surface area (Å²) in [6, 6.07) is 12.9. The molecule has 0 N–H and O–H groups in total. The second-order valence-electron chi connectivity index (χ2n) is 10.7. The van der Waals surface area contributed by atoms with Gasteiger partial charge in [0.25, 0.3) is 5.91 Å². The highest BCUT2D eigenvalue weighted by molar-refractivity contribution is 7.89. The van der Waals surface area contributed by atoms with E-state index in [1.165, 1.54) is 7.11 Å². The van der Waals surface area contributed by atoms with Crippen molar-refractivity contribution in [3.05, 3.63) is 53.6 Å². The van der Waals surface area contributed by atoms with Gasteiger partial charge in [-0.3, -0.25) is 4.79 Å². The molecular formula is C29H40N2O5S. The number of aryl methyl sites for hydroxylation is 1. The number of rotatable bonds is 4. The first-order valence-electron chi connectivity index (χ1n) is 13.4. The summed E-state index contributed by atoms with van der Waals surface area (Å²) in [6.45, 7) is 5.33. The molecule has 2 aliphatic heterocycles. The maximum Gasteiger partial charge on any atom is 0.252 e. The van der Waals surface area contributed by atoms with Crippen molar-refractivity contribution in [2.24, 2.45) is 0 Å². The van der Waals surface area contributed by atoms with E-state index in [1.807, 2.05) is 24.3 Å². The fraction of sp³-hybridized carbons (Fsp3) is 0.552. The number of carbonyl (C=O) groups is 1. The quantitative estimate of drug-likeness (QED) is 0.537. The number of nitrogens with zero attached hydrogens (tertiary/aromatic N) is 2. The van der Waals surface area contributed by atoms with E-state index in [2.05, 4.69) is 13.8 Å². The molecule has 0 radical (unpaired) electrons. The predicted molar refractivity (Wildman–Crippen MR) is 145 cm³/mol. The van der Waals surface area contributed by atoms with Gasteiger partial charge in [0.15, 0.2) is 0 Å². The smallest absolute Gasteiger partial charge is 0.252 e. The fourth-order valence-electron chi connectivity index (χ4n) is 5.17. The number of benzene rings is 2. The summed E-state index contributed by atoms with van der Waals surface area (Å²) in [5, 5.41) is 0. The number of sulfonamides is 1. The molecule has 37 heavy (non-hydrogen) atoms. The van der Waals surface area contributed by atoms with Crippen molar-refractivity contribution in [1.29, 1.82) is 0 Å². The van der Waals surface area contributed by atoms with Gasteiger partial charge < -0.3 is 14.4 Å². The highest BCUT2D eigenvalue weighted by atomic mass is 32.2. The average molecular weight is 529 g/mol. The van der Waals surface area contributed by atoms with Crippen LogP contribution in [0.2, 0.25) is 0 Å². The highest BCUT2D eigenvalue weighted by Gasteiger charge is 2.31. The van der Waals surface area contributed by atoms with Crippen LogP contribution < -0.4 is 9.64 Å². The van der Waals surface area contributed by atoms with Crippen molar-refractivity contribution in [3.63, 3.8) is 0 Å². The van der Waals surface area contributed by atoms with Crippen LogP contribution in [0.1, 0.15) is 69.9 Å². The van der Waals surface area contributed by atoms with Crippen LogP contribution in [0.5, 0.6) is 5.75 Å². The Labute approximate surface area is 221 Å². The van der Waals surface area contributed by atoms with E-state index in [0.717, 1.165) is 73.9 Å². The van der Waals surface area contributed by atoms with Crippen molar-refractivity contribution in [3.8, 4) is 5.75 Å². The first-order valence-corrected chi connectivity index (χ1v) is 14.8. The predicted octanol–water partition coefficient (Wildman–Crippen LogP) is 5.31. The summed E-state index contributed by atoms with van der Waals surface area (Å²) >= 11 is 0. The minimum atomic E-state index is -3.76. The molecule has 0 bridgehead atoms. The van der Waals surface area contributed by atoms with Gasteiger partial charge in [-0.25, -0.2) is 8.42 Å². The highest BCUT2D eigenvalue weighted by Crippen LogP contribution is 2.35. The van der Waals surface area contributed by atoms with Crippen LogP contribution in [0.3, 0.4) is 0 Å². The van der Waals surface area contributed by atoms with Crippen molar-refractivity contribution in [1.82, 2.24) is 4.31 Å². The number of carbonyl (C=O) groups excluding carboxylic acids is 1. The molecule has 8 heteroatoms. The number of ether oxygens (including phenoxy) is 2. The number of hydrogen-bond acceptors (Lipinski definition) is 5. The fourth-order valence-corrected chi connectivity index (χ4v) is 6.68. The summed E-state index contributed by atoms with van der Waals surface area (Å²) < 4.78 is 40.8. The van der Waals surface area contributed by atoms with E-state index in [9.17, 15) is 13.2 Å². The van der Waals surface area contributed by atoms with Crippen LogP contribution in [-0.2, 0) is 32.5 Å². The summed E-state index contributed by atoms with van der Waals surface area (Å²) in [4.78, 5) is 15.0. The third-order valence-corrected chi connectivity index (χ3v) is 9.13. The molecular weight excluding hydrogens is 488 g/mol. The summed E-state index contributed by atoms with van der Waals surface area (Å²) in [6.07, 6.45) is 7.47. The minimum Gasteiger partial charge on any atom is -0.488 e. The lowest BCUT2D eigenvalue weighted by Crippen LogP contribution is -2.37. The van der Waals surface area contributed by atoms with Crippen LogP contribution in [0.4, 0.5) is 5.69 Å². The van der Waals surface area contributed by atoms with Crippen LogP contribution in [0.25, 0.3) is 0 Å². The molecule has 2 aromatic carbocycles. The second-order valence-corrected chi connectivity index (χ2v) is 12.6. The summed E-state index contributed by atoms with van der Waals surface area (Å²) in [5.41, 5.74) is 2.25. The van der Waals surface area contributed by atoms with Gasteiger partial charge in [-0.1, -0.05) is 43.9 Å². The monoisotopic (exact) mass is 528 g/mol. The Morgan fingerprint density at radius 1 is 0.973 bits per heavy atom. The van der Waals surface area contributed by atoms with Gasteiger partial charge in [0, 0.05) is 32.4 Å². The molecule has 2 heterocycles. The van der Waals surface area contributed by atoms with Gasteiger partial charge >= 0.3 is 0 Å². The average Bonchev–Trinajstić information content (AvgIpc) is 2.88. The molecule has 0 unspecified atom stereocenters. The molecule has 0 aromatic heterocycles. The zero-order valence-electron chi connectivity index (χ0n) is 22.4. The van der Waals surface area contributed by atoms with Crippen LogP contribution in [0, 0.1) is 0 Å². The number of methoxy groups -OCH3 is 1. The normalized spacial score (nSPS) is 19.4. The maximum absolute atomic E-state index is 14.0. The molecule has 0 saturated heterocycles. The van der Waals surface area contributed by atoms with E-state index in [-0.39, 0.29) is 24.7 Å². The van der Waals surface area contributed by atoms with Gasteiger partial charge in [-0.15, -0.1) is 0 Å². The van der Waals surface area contributed by atoms with E-state index in [4.69, 9.17) is 9.47 Å². The first kappa shape index (κ1) is 27.6.